The van der Waals surface area contributed by atoms with Crippen molar-refractivity contribution in [3.8, 4) is 0 Å². The molecular weight excluding hydrogens is 266 g/mol. The summed E-state index contributed by atoms with van der Waals surface area (Å²) in [5.74, 6) is -0.974. The molecule has 10 heavy (non-hydrogen) atoms. The van der Waals surface area contributed by atoms with Crippen molar-refractivity contribution in [2.45, 2.75) is 0 Å². The zero-order valence-electron chi connectivity index (χ0n) is 4.69. The lowest BCUT2D eigenvalue weighted by atomic mass is 10.4. The number of H-pyrrole nitrogens is 1. The van der Waals surface area contributed by atoms with Gasteiger partial charge in [-0.15, -0.1) is 0 Å². The Morgan fingerprint density at radius 3 is 2.40 bits per heavy atom. The Bertz CT molecular complexity index is 269. The van der Waals surface area contributed by atoms with Crippen LogP contribution in [0.2, 0.25) is 0 Å². The fraction of sp³-hybridized carbons (Fsp3) is 0. The van der Waals surface area contributed by atoms with Gasteiger partial charge in [-0.2, -0.15) is 0 Å². The number of carboxylic acids is 1. The van der Waals surface area contributed by atoms with Crippen molar-refractivity contribution in [1.29, 1.82) is 0 Å². The number of nitrogens with one attached hydrogen (secondary N) is 1. The molecule has 1 heterocycles. The van der Waals surface area contributed by atoms with Crippen LogP contribution in [0.1, 0.15) is 10.5 Å². The average Bonchev–Trinajstić information content (AvgIpc) is 2.10. The molecule has 5 heteroatoms. The first-order valence-electron chi connectivity index (χ1n) is 2.38. The van der Waals surface area contributed by atoms with Crippen molar-refractivity contribution in [2.24, 2.45) is 0 Å². The SMILES string of the molecule is O=C(O)c1[nH]c(Br)cc1Br. The lowest BCUT2D eigenvalue weighted by Crippen LogP contribution is -1.96. The molecule has 0 saturated carbocycles. The molecule has 0 bridgehead atoms. The predicted octanol–water partition coefficient (Wildman–Crippen LogP) is 2.24. The second-order valence-electron chi connectivity index (χ2n) is 1.65. The van der Waals surface area contributed by atoms with E-state index in [-0.39, 0.29) is 5.69 Å². The molecule has 1 aromatic rings. The fourth-order valence-electron chi connectivity index (χ4n) is 0.554. The Hall–Kier alpha value is -0.290. The van der Waals surface area contributed by atoms with Crippen LogP contribution in [0.3, 0.4) is 0 Å². The van der Waals surface area contributed by atoms with Crippen LogP contribution in [-0.2, 0) is 0 Å². The third-order valence-electron chi connectivity index (χ3n) is 0.951. The standard InChI is InChI=1S/C5H3Br2NO2/c6-2-1-3(7)8-4(2)5(9)10/h1,8H,(H,9,10). The lowest BCUT2D eigenvalue weighted by molar-refractivity contribution is 0.0690. The van der Waals surface area contributed by atoms with E-state index in [4.69, 9.17) is 5.11 Å². The molecule has 0 amide bonds. The monoisotopic (exact) mass is 267 g/mol. The zero-order chi connectivity index (χ0) is 7.72. The third kappa shape index (κ3) is 1.41. The molecule has 0 unspecified atom stereocenters. The van der Waals surface area contributed by atoms with Gasteiger partial charge < -0.3 is 10.1 Å². The first kappa shape index (κ1) is 7.81. The van der Waals surface area contributed by atoms with Crippen molar-refractivity contribution in [1.82, 2.24) is 4.98 Å². The van der Waals surface area contributed by atoms with Gasteiger partial charge >= 0.3 is 5.97 Å². The minimum absolute atomic E-state index is 0.159. The topological polar surface area (TPSA) is 53.1 Å². The average molecular weight is 269 g/mol. The van der Waals surface area contributed by atoms with E-state index in [2.05, 4.69) is 36.8 Å². The van der Waals surface area contributed by atoms with E-state index in [0.29, 0.717) is 9.08 Å². The summed E-state index contributed by atoms with van der Waals surface area (Å²) in [5.41, 5.74) is 0.159. The molecule has 0 fully saturated rings. The minimum Gasteiger partial charge on any atom is -0.477 e. The minimum atomic E-state index is -0.974. The van der Waals surface area contributed by atoms with E-state index in [1.165, 1.54) is 0 Å². The summed E-state index contributed by atoms with van der Waals surface area (Å²) in [5, 5.41) is 8.50. The maximum absolute atomic E-state index is 10.4. The lowest BCUT2D eigenvalue weighted by Gasteiger charge is -1.86. The first-order chi connectivity index (χ1) is 4.61. The highest BCUT2D eigenvalue weighted by molar-refractivity contribution is 9.11. The summed E-state index contributed by atoms with van der Waals surface area (Å²) in [7, 11) is 0. The number of aromatic nitrogens is 1. The van der Waals surface area contributed by atoms with E-state index < -0.39 is 5.97 Å². The highest BCUT2D eigenvalue weighted by atomic mass is 79.9. The van der Waals surface area contributed by atoms with Crippen LogP contribution in [0.15, 0.2) is 15.1 Å². The normalized spacial score (nSPS) is 9.80. The molecule has 0 aliphatic rings. The Morgan fingerprint density at radius 1 is 1.60 bits per heavy atom. The Balaban J connectivity index is 3.15. The van der Waals surface area contributed by atoms with Gasteiger partial charge in [-0.1, -0.05) is 0 Å². The molecule has 1 aromatic heterocycles. The van der Waals surface area contributed by atoms with Crippen LogP contribution in [0, 0.1) is 0 Å². The number of carbonyl (C=O) groups is 1. The molecule has 0 aliphatic carbocycles. The van der Waals surface area contributed by atoms with Crippen molar-refractivity contribution in [2.75, 3.05) is 0 Å². The quantitative estimate of drug-likeness (QED) is 0.821. The van der Waals surface area contributed by atoms with Crippen LogP contribution >= 0.6 is 31.9 Å². The van der Waals surface area contributed by atoms with Crippen molar-refractivity contribution in [3.63, 3.8) is 0 Å². The van der Waals surface area contributed by atoms with Gasteiger partial charge in [-0.05, 0) is 37.9 Å². The van der Waals surface area contributed by atoms with Crippen LogP contribution in [-0.4, -0.2) is 16.1 Å². The van der Waals surface area contributed by atoms with Gasteiger partial charge in [0.15, 0.2) is 0 Å². The van der Waals surface area contributed by atoms with Crippen LogP contribution in [0.4, 0.5) is 0 Å². The highest BCUT2D eigenvalue weighted by Gasteiger charge is 2.10. The number of hydrogen-bond acceptors (Lipinski definition) is 1. The van der Waals surface area contributed by atoms with E-state index in [0.717, 1.165) is 0 Å². The van der Waals surface area contributed by atoms with Crippen LogP contribution in [0.25, 0.3) is 0 Å². The molecule has 0 radical (unpaired) electrons. The molecule has 1 rings (SSSR count). The van der Waals surface area contributed by atoms with Gasteiger partial charge in [0, 0.05) is 0 Å². The number of rotatable bonds is 1. The van der Waals surface area contributed by atoms with E-state index >= 15 is 0 Å². The summed E-state index contributed by atoms with van der Waals surface area (Å²) < 4.78 is 1.20. The summed E-state index contributed by atoms with van der Waals surface area (Å²) in [6.45, 7) is 0. The molecule has 3 nitrogen and oxygen atoms in total. The molecule has 0 spiro atoms. The fourth-order valence-corrected chi connectivity index (χ4v) is 1.79. The predicted molar refractivity (Wildman–Crippen MR) is 43.2 cm³/mol. The Morgan fingerprint density at radius 2 is 2.20 bits per heavy atom. The van der Waals surface area contributed by atoms with Crippen molar-refractivity contribution < 1.29 is 9.90 Å². The third-order valence-corrected chi connectivity index (χ3v) is 2.00. The highest BCUT2D eigenvalue weighted by Crippen LogP contribution is 2.20. The van der Waals surface area contributed by atoms with E-state index in [1.807, 2.05) is 0 Å². The van der Waals surface area contributed by atoms with Gasteiger partial charge in [-0.3, -0.25) is 0 Å². The number of aromatic carboxylic acids is 1. The number of carboxylic acid groups (broad SMARTS) is 1. The molecule has 0 atom stereocenters. The second-order valence-corrected chi connectivity index (χ2v) is 3.35. The molecule has 0 aliphatic heterocycles. The summed E-state index contributed by atoms with van der Waals surface area (Å²) in [6.07, 6.45) is 0. The maximum Gasteiger partial charge on any atom is 0.353 e. The van der Waals surface area contributed by atoms with Gasteiger partial charge in [0.05, 0.1) is 9.08 Å². The van der Waals surface area contributed by atoms with Gasteiger partial charge in [0.1, 0.15) is 5.69 Å². The number of hydrogen-bond donors (Lipinski definition) is 2. The summed E-state index contributed by atoms with van der Waals surface area (Å²) >= 11 is 6.18. The summed E-state index contributed by atoms with van der Waals surface area (Å²) in [6, 6.07) is 1.64. The zero-order valence-corrected chi connectivity index (χ0v) is 7.86. The molecule has 2 N–H and O–H groups in total. The first-order valence-corrected chi connectivity index (χ1v) is 3.97. The van der Waals surface area contributed by atoms with Gasteiger partial charge in [0.25, 0.3) is 0 Å². The smallest absolute Gasteiger partial charge is 0.353 e. The summed E-state index contributed by atoms with van der Waals surface area (Å²) in [4.78, 5) is 13.0. The maximum atomic E-state index is 10.4. The van der Waals surface area contributed by atoms with Gasteiger partial charge in [0.2, 0.25) is 0 Å². The number of aromatic amines is 1. The van der Waals surface area contributed by atoms with Gasteiger partial charge in [-0.25, -0.2) is 4.79 Å². The van der Waals surface area contributed by atoms with E-state index in [1.54, 1.807) is 6.07 Å². The second kappa shape index (κ2) is 2.75. The number of halogens is 2. The molecule has 54 valence electrons. The molecule has 0 aromatic carbocycles. The Labute approximate surface area is 73.7 Å². The van der Waals surface area contributed by atoms with Crippen LogP contribution < -0.4 is 0 Å². The largest absolute Gasteiger partial charge is 0.477 e. The Kier molecular flexibility index (Phi) is 2.15. The molecule has 0 saturated heterocycles. The van der Waals surface area contributed by atoms with Crippen molar-refractivity contribution in [3.05, 3.63) is 20.8 Å². The van der Waals surface area contributed by atoms with Crippen molar-refractivity contribution >= 4 is 37.8 Å². The molecular formula is C5H3Br2NO2. The van der Waals surface area contributed by atoms with Crippen LogP contribution in [0.5, 0.6) is 0 Å². The van der Waals surface area contributed by atoms with E-state index in [9.17, 15) is 4.79 Å².